The summed E-state index contributed by atoms with van der Waals surface area (Å²) in [4.78, 5) is 16.3. The molecule has 0 bridgehead atoms. The fourth-order valence-corrected chi connectivity index (χ4v) is 2.67. The first-order chi connectivity index (χ1) is 12.5. The minimum Gasteiger partial charge on any atom is -0.441 e. The van der Waals surface area contributed by atoms with E-state index in [0.717, 1.165) is 11.1 Å². The summed E-state index contributed by atoms with van der Waals surface area (Å²) < 4.78 is 18.6. The van der Waals surface area contributed by atoms with Crippen LogP contribution < -0.4 is 5.32 Å². The second kappa shape index (κ2) is 8.15. The van der Waals surface area contributed by atoms with Crippen molar-refractivity contribution in [2.24, 2.45) is 0 Å². The van der Waals surface area contributed by atoms with Crippen LogP contribution in [-0.2, 0) is 11.2 Å². The SMILES string of the molecule is CC(NC(=O)CCc1ncc(-c2ccc(Cl)cc2)o1)c1ccc(F)cc1. The molecule has 2 aromatic carbocycles. The molecule has 0 aliphatic rings. The van der Waals surface area contributed by atoms with Gasteiger partial charge in [-0.2, -0.15) is 0 Å². The maximum absolute atomic E-state index is 13.0. The molecule has 26 heavy (non-hydrogen) atoms. The molecule has 3 aromatic rings. The normalized spacial score (nSPS) is 12.0. The van der Waals surface area contributed by atoms with E-state index in [4.69, 9.17) is 16.0 Å². The molecule has 4 nitrogen and oxygen atoms in total. The van der Waals surface area contributed by atoms with Crippen LogP contribution in [0.5, 0.6) is 0 Å². The molecule has 0 radical (unpaired) electrons. The lowest BCUT2D eigenvalue weighted by molar-refractivity contribution is -0.121. The molecule has 3 rings (SSSR count). The Hall–Kier alpha value is -2.66. The molecule has 6 heteroatoms. The molecular formula is C20H18ClFN2O2. The Morgan fingerprint density at radius 3 is 2.58 bits per heavy atom. The summed E-state index contributed by atoms with van der Waals surface area (Å²) in [7, 11) is 0. The summed E-state index contributed by atoms with van der Waals surface area (Å²) in [5.74, 6) is 0.719. The van der Waals surface area contributed by atoms with Crippen LogP contribution in [0, 0.1) is 5.82 Å². The Labute approximate surface area is 156 Å². The van der Waals surface area contributed by atoms with Crippen molar-refractivity contribution in [3.8, 4) is 11.3 Å². The number of aromatic nitrogens is 1. The minimum absolute atomic E-state index is 0.118. The van der Waals surface area contributed by atoms with Gasteiger partial charge in [0.05, 0.1) is 12.2 Å². The van der Waals surface area contributed by atoms with Gasteiger partial charge in [-0.25, -0.2) is 9.37 Å². The number of oxazole rings is 1. The predicted octanol–water partition coefficient (Wildman–Crippen LogP) is 4.94. The number of hydrogen-bond donors (Lipinski definition) is 1. The van der Waals surface area contributed by atoms with Crippen LogP contribution >= 0.6 is 11.6 Å². The van der Waals surface area contributed by atoms with Gasteiger partial charge in [0.15, 0.2) is 11.7 Å². The Balaban J connectivity index is 1.53. The fourth-order valence-electron chi connectivity index (χ4n) is 2.54. The van der Waals surface area contributed by atoms with E-state index in [1.807, 2.05) is 19.1 Å². The van der Waals surface area contributed by atoms with Crippen molar-refractivity contribution in [3.63, 3.8) is 0 Å². The van der Waals surface area contributed by atoms with Crippen molar-refractivity contribution in [3.05, 3.63) is 77.0 Å². The van der Waals surface area contributed by atoms with E-state index in [2.05, 4.69) is 10.3 Å². The highest BCUT2D eigenvalue weighted by Crippen LogP contribution is 2.22. The van der Waals surface area contributed by atoms with Gasteiger partial charge >= 0.3 is 0 Å². The Morgan fingerprint density at radius 1 is 1.19 bits per heavy atom. The first kappa shape index (κ1) is 18.1. The maximum Gasteiger partial charge on any atom is 0.220 e. The van der Waals surface area contributed by atoms with E-state index < -0.39 is 0 Å². The molecule has 1 amide bonds. The number of nitrogens with zero attached hydrogens (tertiary/aromatic N) is 1. The van der Waals surface area contributed by atoms with Crippen LogP contribution in [0.1, 0.15) is 30.8 Å². The van der Waals surface area contributed by atoms with Gasteiger partial charge in [0.1, 0.15) is 5.82 Å². The largest absolute Gasteiger partial charge is 0.441 e. The second-order valence-electron chi connectivity index (χ2n) is 5.97. The zero-order valence-corrected chi connectivity index (χ0v) is 15.0. The number of aryl methyl sites for hydroxylation is 1. The van der Waals surface area contributed by atoms with E-state index >= 15 is 0 Å². The van der Waals surface area contributed by atoms with E-state index in [9.17, 15) is 9.18 Å². The molecule has 1 aromatic heterocycles. The Morgan fingerprint density at radius 2 is 1.88 bits per heavy atom. The lowest BCUT2D eigenvalue weighted by Gasteiger charge is -2.14. The number of halogens is 2. The van der Waals surface area contributed by atoms with Crippen molar-refractivity contribution >= 4 is 17.5 Å². The number of benzene rings is 2. The van der Waals surface area contributed by atoms with Gasteiger partial charge in [0, 0.05) is 23.4 Å². The smallest absolute Gasteiger partial charge is 0.220 e. The Bertz CT molecular complexity index is 876. The van der Waals surface area contributed by atoms with Crippen molar-refractivity contribution in [2.75, 3.05) is 0 Å². The van der Waals surface area contributed by atoms with Crippen LogP contribution in [0.2, 0.25) is 5.02 Å². The fraction of sp³-hybridized carbons (Fsp3) is 0.200. The van der Waals surface area contributed by atoms with Crippen molar-refractivity contribution < 1.29 is 13.6 Å². The summed E-state index contributed by atoms with van der Waals surface area (Å²) >= 11 is 5.87. The third-order valence-corrected chi connectivity index (χ3v) is 4.25. The van der Waals surface area contributed by atoms with Crippen molar-refractivity contribution in [2.45, 2.75) is 25.8 Å². The van der Waals surface area contributed by atoms with E-state index in [-0.39, 0.29) is 24.2 Å². The summed E-state index contributed by atoms with van der Waals surface area (Å²) in [5.41, 5.74) is 1.73. The summed E-state index contributed by atoms with van der Waals surface area (Å²) in [6.07, 6.45) is 2.29. The summed E-state index contributed by atoms with van der Waals surface area (Å²) in [6.45, 7) is 1.86. The van der Waals surface area contributed by atoms with Gasteiger partial charge in [-0.1, -0.05) is 23.7 Å². The molecule has 0 saturated carbocycles. The maximum atomic E-state index is 13.0. The number of carbonyl (C=O) groups is 1. The molecule has 1 heterocycles. The number of nitrogens with one attached hydrogen (secondary N) is 1. The molecular weight excluding hydrogens is 355 g/mol. The average Bonchev–Trinajstić information content (AvgIpc) is 3.10. The van der Waals surface area contributed by atoms with Gasteiger partial charge in [-0.05, 0) is 48.9 Å². The van der Waals surface area contributed by atoms with E-state index in [1.165, 1.54) is 12.1 Å². The van der Waals surface area contributed by atoms with Gasteiger partial charge in [-0.3, -0.25) is 4.79 Å². The monoisotopic (exact) mass is 372 g/mol. The van der Waals surface area contributed by atoms with Crippen LogP contribution in [-0.4, -0.2) is 10.9 Å². The van der Waals surface area contributed by atoms with Crippen LogP contribution in [0.3, 0.4) is 0 Å². The molecule has 0 aliphatic heterocycles. The number of hydrogen-bond acceptors (Lipinski definition) is 3. The summed E-state index contributed by atoms with van der Waals surface area (Å²) in [5, 5.41) is 3.54. The van der Waals surface area contributed by atoms with Crippen molar-refractivity contribution in [1.82, 2.24) is 10.3 Å². The van der Waals surface area contributed by atoms with Gasteiger partial charge < -0.3 is 9.73 Å². The number of amides is 1. The average molecular weight is 373 g/mol. The first-order valence-corrected chi connectivity index (χ1v) is 8.64. The quantitative estimate of drug-likeness (QED) is 0.666. The zero-order valence-electron chi connectivity index (χ0n) is 14.2. The standard InChI is InChI=1S/C20H18ClFN2O2/c1-13(14-4-8-17(22)9-5-14)24-19(25)10-11-20-23-12-18(26-20)15-2-6-16(21)7-3-15/h2-9,12-13H,10-11H2,1H3,(H,24,25). The van der Waals surface area contributed by atoms with Gasteiger partial charge in [-0.15, -0.1) is 0 Å². The molecule has 1 atom stereocenters. The highest BCUT2D eigenvalue weighted by molar-refractivity contribution is 6.30. The van der Waals surface area contributed by atoms with E-state index in [0.29, 0.717) is 23.1 Å². The molecule has 0 fully saturated rings. The molecule has 0 aliphatic carbocycles. The molecule has 0 spiro atoms. The zero-order chi connectivity index (χ0) is 18.5. The topological polar surface area (TPSA) is 55.1 Å². The first-order valence-electron chi connectivity index (χ1n) is 8.27. The van der Waals surface area contributed by atoms with Crippen LogP contribution in [0.4, 0.5) is 4.39 Å². The molecule has 134 valence electrons. The highest BCUT2D eigenvalue weighted by atomic mass is 35.5. The third-order valence-electron chi connectivity index (χ3n) is 4.00. The lowest BCUT2D eigenvalue weighted by atomic mass is 10.1. The Kier molecular flexibility index (Phi) is 5.68. The summed E-state index contributed by atoms with van der Waals surface area (Å²) in [6, 6.07) is 13.1. The molecule has 1 unspecified atom stereocenters. The third kappa shape index (κ3) is 4.70. The van der Waals surface area contributed by atoms with E-state index in [1.54, 1.807) is 30.5 Å². The van der Waals surface area contributed by atoms with Gasteiger partial charge in [0.25, 0.3) is 0 Å². The molecule has 0 saturated heterocycles. The predicted molar refractivity (Wildman–Crippen MR) is 98.2 cm³/mol. The number of carbonyl (C=O) groups excluding carboxylic acids is 1. The van der Waals surface area contributed by atoms with Crippen molar-refractivity contribution in [1.29, 1.82) is 0 Å². The lowest BCUT2D eigenvalue weighted by Crippen LogP contribution is -2.26. The van der Waals surface area contributed by atoms with Crippen LogP contribution in [0.25, 0.3) is 11.3 Å². The molecule has 1 N–H and O–H groups in total. The highest BCUT2D eigenvalue weighted by Gasteiger charge is 2.12. The van der Waals surface area contributed by atoms with Crippen LogP contribution in [0.15, 0.2) is 59.1 Å². The number of rotatable bonds is 6. The second-order valence-corrected chi connectivity index (χ2v) is 6.40. The minimum atomic E-state index is -0.298. The van der Waals surface area contributed by atoms with Gasteiger partial charge in [0.2, 0.25) is 5.91 Å².